The van der Waals surface area contributed by atoms with Crippen molar-refractivity contribution in [1.82, 2.24) is 13.9 Å². The average Bonchev–Trinajstić information content (AvgIpc) is 3.19. The van der Waals surface area contributed by atoms with Crippen molar-refractivity contribution in [2.45, 2.75) is 69.3 Å². The van der Waals surface area contributed by atoms with Crippen molar-refractivity contribution in [3.63, 3.8) is 0 Å². The third-order valence-electron chi connectivity index (χ3n) is 9.95. The van der Waals surface area contributed by atoms with Gasteiger partial charge in [-0.2, -0.15) is 13.2 Å². The molecule has 1 spiro atoms. The van der Waals surface area contributed by atoms with Gasteiger partial charge >= 0.3 is 24.4 Å². The van der Waals surface area contributed by atoms with Gasteiger partial charge in [0.05, 0.1) is 28.9 Å². The standard InChI is InChI=1S/C30H32F4N6O/c1-19(38-12-11-28(17-38)9-10-28)20-13-23(30(32,33)34)24-16-39(27(41)40(24)15-20)22-6-3-5-21(14-22)29(7-4-8-29)25(31)26-36-35-18-37(26)2/h3,5-6,13-16,18-19,25H,4,7-12,17H2,1-2H3/q+1/t19-,25-/m1/s1. The highest BCUT2D eigenvalue weighted by Crippen LogP contribution is 2.54. The number of rotatable bonds is 6. The summed E-state index contributed by atoms with van der Waals surface area (Å²) in [5.41, 5.74) is -0.593. The van der Waals surface area contributed by atoms with E-state index in [9.17, 15) is 18.0 Å². The fraction of sp³-hybridized carbons (Fsp3) is 0.500. The number of azo groups is 1. The number of benzene rings is 1. The lowest BCUT2D eigenvalue weighted by Gasteiger charge is -2.44. The van der Waals surface area contributed by atoms with Crippen LogP contribution in [0, 0.1) is 11.6 Å². The van der Waals surface area contributed by atoms with Crippen LogP contribution in [0.15, 0.2) is 57.7 Å². The zero-order chi connectivity index (χ0) is 28.7. The summed E-state index contributed by atoms with van der Waals surface area (Å²) >= 11 is 0. The first-order chi connectivity index (χ1) is 19.5. The first-order valence-corrected chi connectivity index (χ1v) is 14.2. The second kappa shape index (κ2) is 9.08. The van der Waals surface area contributed by atoms with Gasteiger partial charge in [0.15, 0.2) is 6.17 Å². The molecule has 3 aromatic rings. The molecule has 2 atom stereocenters. The third-order valence-corrected chi connectivity index (χ3v) is 9.95. The molecule has 1 radical (unpaired) electrons. The molecule has 0 amide bonds. The van der Waals surface area contributed by atoms with Crippen LogP contribution in [0.4, 0.5) is 17.6 Å². The molecule has 1 aromatic carbocycles. The first kappa shape index (κ1) is 26.6. The summed E-state index contributed by atoms with van der Waals surface area (Å²) in [4.78, 5) is 15.9. The van der Waals surface area contributed by atoms with E-state index in [-0.39, 0.29) is 17.7 Å². The molecule has 3 fully saturated rings. The predicted octanol–water partition coefficient (Wildman–Crippen LogP) is 6.04. The van der Waals surface area contributed by atoms with Crippen molar-refractivity contribution in [3.05, 3.63) is 76.1 Å². The molecule has 2 aliphatic carbocycles. The molecule has 1 saturated heterocycles. The lowest BCUT2D eigenvalue weighted by atomic mass is 9.61. The van der Waals surface area contributed by atoms with Gasteiger partial charge in [0, 0.05) is 30.4 Å². The molecular weight excluding hydrogens is 536 g/mol. The molecule has 2 saturated carbocycles. The molecule has 215 valence electrons. The van der Waals surface area contributed by atoms with Gasteiger partial charge < -0.3 is 0 Å². The van der Waals surface area contributed by atoms with Gasteiger partial charge in [-0.15, -0.1) is 0 Å². The number of hydrogen-bond donors (Lipinski definition) is 0. The van der Waals surface area contributed by atoms with Crippen LogP contribution >= 0.6 is 0 Å². The van der Waals surface area contributed by atoms with E-state index in [4.69, 9.17) is 0 Å². The minimum Gasteiger partial charge on any atom is -0.296 e. The van der Waals surface area contributed by atoms with E-state index >= 15 is 4.39 Å². The number of halogens is 4. The lowest BCUT2D eigenvalue weighted by molar-refractivity contribution is -0.484. The number of nitrogens with zero attached hydrogens (tertiary/aromatic N) is 6. The highest BCUT2D eigenvalue weighted by molar-refractivity contribution is 5.58. The number of likely N-dealkylation sites (tertiary alicyclic amines) is 1. The first-order valence-electron chi connectivity index (χ1n) is 14.2. The van der Waals surface area contributed by atoms with Crippen LogP contribution in [0.5, 0.6) is 0 Å². The number of hydrogen-bond acceptors (Lipinski definition) is 4. The van der Waals surface area contributed by atoms with E-state index in [1.54, 1.807) is 36.0 Å². The van der Waals surface area contributed by atoms with Crippen LogP contribution in [0.1, 0.15) is 68.2 Å². The molecule has 0 bridgehead atoms. The zero-order valence-corrected chi connectivity index (χ0v) is 23.0. The number of fused-ring (bicyclic) bond motifs is 1. The molecule has 41 heavy (non-hydrogen) atoms. The van der Waals surface area contributed by atoms with Gasteiger partial charge in [0.2, 0.25) is 0 Å². The quantitative estimate of drug-likeness (QED) is 0.269. The Labute approximate surface area is 234 Å². The average molecular weight is 569 g/mol. The summed E-state index contributed by atoms with van der Waals surface area (Å²) in [5, 5.41) is 7.80. The minimum atomic E-state index is -4.64. The van der Waals surface area contributed by atoms with Crippen LogP contribution in [-0.2, 0) is 11.6 Å². The Morgan fingerprint density at radius 2 is 1.85 bits per heavy atom. The van der Waals surface area contributed by atoms with E-state index in [2.05, 4.69) is 15.1 Å². The van der Waals surface area contributed by atoms with Crippen molar-refractivity contribution in [3.8, 4) is 5.69 Å². The van der Waals surface area contributed by atoms with E-state index < -0.39 is 29.0 Å². The largest absolute Gasteiger partial charge is 0.418 e. The highest BCUT2D eigenvalue weighted by atomic mass is 19.4. The van der Waals surface area contributed by atoms with Gasteiger partial charge in [-0.05, 0) is 85.4 Å². The summed E-state index contributed by atoms with van der Waals surface area (Å²) < 4.78 is 62.9. The van der Waals surface area contributed by atoms with Crippen LogP contribution in [0.3, 0.4) is 0 Å². The second-order valence-corrected chi connectivity index (χ2v) is 12.3. The normalized spacial score (nSPS) is 23.2. The topological polar surface area (TPSA) is 57.4 Å². The molecule has 7 rings (SSSR count). The molecule has 0 unspecified atom stereocenters. The maximum Gasteiger partial charge on any atom is 0.418 e. The SMILES string of the molecule is C[C@H](c1cc(C(F)(F)F)c2cn(-c3cccc(C4([C@H](F)[C]5N=NC=[N+]5C)CCC4)c3)c(=O)n2c1)N1CCC2(CC2)C1. The van der Waals surface area contributed by atoms with E-state index in [0.717, 1.165) is 30.3 Å². The molecule has 7 nitrogen and oxygen atoms in total. The number of pyridine rings is 1. The summed E-state index contributed by atoms with van der Waals surface area (Å²) in [5.74, 6) is 0. The summed E-state index contributed by atoms with van der Waals surface area (Å²) in [6, 6.07) is 7.87. The molecule has 0 N–H and O–H groups in total. The smallest absolute Gasteiger partial charge is 0.296 e. The Hall–Kier alpha value is -3.34. The monoisotopic (exact) mass is 568 g/mol. The number of imidazole rings is 1. The Morgan fingerprint density at radius 3 is 2.46 bits per heavy atom. The number of alkyl halides is 4. The molecule has 2 aliphatic heterocycles. The van der Waals surface area contributed by atoms with Crippen molar-refractivity contribution in [1.29, 1.82) is 0 Å². The van der Waals surface area contributed by atoms with Gasteiger partial charge in [-0.1, -0.05) is 18.6 Å². The van der Waals surface area contributed by atoms with Gasteiger partial charge in [-0.25, -0.2) is 13.8 Å². The minimum absolute atomic E-state index is 0.204. The van der Waals surface area contributed by atoms with Crippen LogP contribution in [0.2, 0.25) is 0 Å². The van der Waals surface area contributed by atoms with E-state index in [1.807, 2.05) is 13.0 Å². The van der Waals surface area contributed by atoms with E-state index in [1.165, 1.54) is 36.0 Å². The van der Waals surface area contributed by atoms with Crippen molar-refractivity contribution < 1.29 is 22.1 Å². The number of aromatic nitrogens is 2. The van der Waals surface area contributed by atoms with Gasteiger partial charge in [0.1, 0.15) is 0 Å². The van der Waals surface area contributed by atoms with Gasteiger partial charge in [-0.3, -0.25) is 13.9 Å². The highest BCUT2D eigenvalue weighted by Gasteiger charge is 2.54. The molecule has 2 aromatic heterocycles. The molecular formula is C30H32F4N6O+. The summed E-state index contributed by atoms with van der Waals surface area (Å²) in [6.45, 7) is 3.63. The van der Waals surface area contributed by atoms with Crippen molar-refractivity contribution >= 4 is 11.9 Å². The third kappa shape index (κ3) is 4.18. The Kier molecular flexibility index (Phi) is 5.88. The van der Waals surface area contributed by atoms with Crippen LogP contribution in [-0.4, -0.2) is 51.1 Å². The molecule has 4 heterocycles. The van der Waals surface area contributed by atoms with Crippen molar-refractivity contribution in [2.24, 2.45) is 15.6 Å². The van der Waals surface area contributed by atoms with Crippen LogP contribution < -0.4 is 5.69 Å². The molecule has 4 aliphatic rings. The maximum absolute atomic E-state index is 16.0. The Morgan fingerprint density at radius 1 is 1.07 bits per heavy atom. The Bertz CT molecular complexity index is 1640. The molecule has 11 heteroatoms. The lowest BCUT2D eigenvalue weighted by Crippen LogP contribution is -2.47. The summed E-state index contributed by atoms with van der Waals surface area (Å²) in [7, 11) is 1.69. The second-order valence-electron chi connectivity index (χ2n) is 12.3. The predicted molar refractivity (Wildman–Crippen MR) is 145 cm³/mol. The fourth-order valence-electron chi connectivity index (χ4n) is 6.93. The fourth-order valence-corrected chi connectivity index (χ4v) is 6.93. The van der Waals surface area contributed by atoms with Crippen LogP contribution in [0.25, 0.3) is 11.2 Å². The summed E-state index contributed by atoms with van der Waals surface area (Å²) in [6.07, 6.45) is 3.86. The van der Waals surface area contributed by atoms with E-state index in [0.29, 0.717) is 35.1 Å². The van der Waals surface area contributed by atoms with Gasteiger partial charge in [0.25, 0.3) is 0 Å². The zero-order valence-electron chi connectivity index (χ0n) is 23.0. The van der Waals surface area contributed by atoms with Crippen molar-refractivity contribution in [2.75, 3.05) is 20.1 Å². The maximum atomic E-state index is 16.0. The Balaban J connectivity index is 1.29.